The lowest BCUT2D eigenvalue weighted by Gasteiger charge is -2.34. The highest BCUT2D eigenvalue weighted by atomic mass is 16.6. The fourth-order valence-electron chi connectivity index (χ4n) is 9.44. The second-order valence-corrected chi connectivity index (χ2v) is 21.4. The Morgan fingerprint density at radius 2 is 0.939 bits per heavy atom. The minimum atomic E-state index is -1.18. The van der Waals surface area contributed by atoms with E-state index < -0.39 is 75.4 Å². The third-order valence-corrected chi connectivity index (χ3v) is 14.3. The molecule has 1 unspecified atom stereocenters. The second kappa shape index (κ2) is 30.8. The number of benzene rings is 9. The SMILES string of the molecule is COc1cc(/C=C/C(=O)CC(=O)/C=C/c2ccc(O)c(OC)c2)ccc1O.O=C(O[C@@H]1Cc2c(O)cc(O)cc2OC1c1cc(O)c(O)c(O)c1)c1cc(O)c(O)c(O)c1.O=c1c(O)c(-c2ccc(O)c(O)c2)oc2cc(O)cc(O)c12.Oc1ccc(/C=C/c2cc(O)cc(O)c2)cc1. The molecule has 510 valence electrons. The molecule has 0 radical (unpaired) electrons. The number of hydrogen-bond donors (Lipinski definition) is 18. The molecule has 2 heterocycles. The molecule has 27 heteroatoms. The smallest absolute Gasteiger partial charge is 0.338 e. The molecule has 0 spiro atoms. The van der Waals surface area contributed by atoms with Crippen molar-refractivity contribution < 1.29 is 130 Å². The van der Waals surface area contributed by atoms with E-state index in [1.807, 2.05) is 6.08 Å². The number of esters is 1. The first kappa shape index (κ1) is 70.9. The Hall–Kier alpha value is -14.0. The number of hydrogen-bond acceptors (Lipinski definition) is 27. The number of phenols is 17. The van der Waals surface area contributed by atoms with E-state index in [4.69, 9.17) is 28.5 Å². The quantitative estimate of drug-likeness (QED) is 0.0158. The van der Waals surface area contributed by atoms with Crippen LogP contribution in [-0.4, -0.2) is 130 Å². The molecule has 0 bridgehead atoms. The first-order valence-corrected chi connectivity index (χ1v) is 28.8. The highest BCUT2D eigenvalue weighted by Crippen LogP contribution is 2.47. The van der Waals surface area contributed by atoms with Gasteiger partial charge in [-0.15, -0.1) is 0 Å². The van der Waals surface area contributed by atoms with E-state index in [-0.39, 0.29) is 121 Å². The fraction of sp³-hybridized carbons (Fsp3) is 0.0833. The molecule has 99 heavy (non-hydrogen) atoms. The third kappa shape index (κ3) is 17.8. The van der Waals surface area contributed by atoms with Gasteiger partial charge in [0.25, 0.3) is 0 Å². The normalized spacial score (nSPS) is 13.0. The van der Waals surface area contributed by atoms with Crippen molar-refractivity contribution >= 4 is 52.8 Å². The van der Waals surface area contributed by atoms with E-state index in [0.29, 0.717) is 28.2 Å². The van der Waals surface area contributed by atoms with Gasteiger partial charge in [0.2, 0.25) is 11.2 Å². The molecule has 0 fully saturated rings. The Morgan fingerprint density at radius 1 is 0.444 bits per heavy atom. The van der Waals surface area contributed by atoms with E-state index in [0.717, 1.165) is 60.2 Å². The van der Waals surface area contributed by atoms with Crippen molar-refractivity contribution in [2.24, 2.45) is 0 Å². The molecule has 10 aromatic rings. The Balaban J connectivity index is 0.000000173. The van der Waals surface area contributed by atoms with Crippen LogP contribution in [0.1, 0.15) is 56.3 Å². The van der Waals surface area contributed by atoms with Gasteiger partial charge in [-0.2, -0.15) is 0 Å². The monoisotopic (exact) mass is 1360 g/mol. The zero-order valence-electron chi connectivity index (χ0n) is 51.6. The van der Waals surface area contributed by atoms with E-state index in [1.165, 1.54) is 56.7 Å². The number of rotatable bonds is 14. The molecule has 1 aliphatic rings. The number of carbonyl (C=O) groups is 3. The molecule has 0 saturated carbocycles. The number of ketones is 2. The Bertz CT molecular complexity index is 4720. The van der Waals surface area contributed by atoms with Crippen LogP contribution in [0.4, 0.5) is 0 Å². The molecule has 0 amide bonds. The molecule has 11 rings (SSSR count). The van der Waals surface area contributed by atoms with Crippen molar-refractivity contribution in [2.75, 3.05) is 14.2 Å². The van der Waals surface area contributed by atoms with E-state index in [9.17, 15) is 106 Å². The van der Waals surface area contributed by atoms with Crippen molar-refractivity contribution in [2.45, 2.75) is 25.0 Å². The van der Waals surface area contributed by atoms with Gasteiger partial charge in [-0.25, -0.2) is 4.79 Å². The maximum atomic E-state index is 12.7. The molecule has 2 atom stereocenters. The summed E-state index contributed by atoms with van der Waals surface area (Å²) in [5.74, 6) is -8.59. The van der Waals surface area contributed by atoms with Crippen LogP contribution < -0.4 is 19.6 Å². The number of aromatic hydroxyl groups is 18. The van der Waals surface area contributed by atoms with Gasteiger partial charge in [0.15, 0.2) is 92.4 Å². The van der Waals surface area contributed by atoms with Crippen LogP contribution in [0, 0.1) is 0 Å². The summed E-state index contributed by atoms with van der Waals surface area (Å²) in [6.07, 6.45) is 6.55. The summed E-state index contributed by atoms with van der Waals surface area (Å²) in [7, 11) is 2.87. The highest BCUT2D eigenvalue weighted by molar-refractivity contribution is 6.11. The van der Waals surface area contributed by atoms with E-state index in [1.54, 1.807) is 78.9 Å². The van der Waals surface area contributed by atoms with Gasteiger partial charge in [-0.3, -0.25) is 14.4 Å². The molecule has 27 nitrogen and oxygen atoms in total. The van der Waals surface area contributed by atoms with Gasteiger partial charge < -0.3 is 115 Å². The minimum Gasteiger partial charge on any atom is -0.508 e. The molecule has 1 aliphatic heterocycles. The van der Waals surface area contributed by atoms with Crippen molar-refractivity contribution in [3.63, 3.8) is 0 Å². The summed E-state index contributed by atoms with van der Waals surface area (Å²) < 4.78 is 26.6. The zero-order chi connectivity index (χ0) is 72.1. The van der Waals surface area contributed by atoms with Crippen LogP contribution in [0.2, 0.25) is 0 Å². The maximum absolute atomic E-state index is 12.7. The fourth-order valence-corrected chi connectivity index (χ4v) is 9.44. The molecule has 9 aromatic carbocycles. The summed E-state index contributed by atoms with van der Waals surface area (Å²) in [4.78, 5) is 48.7. The van der Waals surface area contributed by atoms with Gasteiger partial charge in [0.1, 0.15) is 63.1 Å². The summed E-state index contributed by atoms with van der Waals surface area (Å²) in [6.45, 7) is 0. The van der Waals surface area contributed by atoms with Gasteiger partial charge in [0, 0.05) is 53.4 Å². The lowest BCUT2D eigenvalue weighted by atomic mass is 9.93. The van der Waals surface area contributed by atoms with Crippen molar-refractivity contribution in [1.29, 1.82) is 0 Å². The zero-order valence-corrected chi connectivity index (χ0v) is 51.6. The maximum Gasteiger partial charge on any atom is 0.338 e. The Morgan fingerprint density at radius 3 is 1.48 bits per heavy atom. The first-order chi connectivity index (χ1) is 47.0. The van der Waals surface area contributed by atoms with Crippen LogP contribution in [0.3, 0.4) is 0 Å². The van der Waals surface area contributed by atoms with Crippen LogP contribution in [0.25, 0.3) is 46.6 Å². The molecular formula is C72H60O27. The summed E-state index contributed by atoms with van der Waals surface area (Å²) in [5.41, 5.74) is 2.05. The topological polar surface area (TPSA) is 482 Å². The molecule has 0 aliphatic carbocycles. The average molecular weight is 1360 g/mol. The number of fused-ring (bicyclic) bond motifs is 2. The molecule has 18 N–H and O–H groups in total. The van der Waals surface area contributed by atoms with Crippen molar-refractivity contribution in [1.82, 2.24) is 0 Å². The van der Waals surface area contributed by atoms with Crippen molar-refractivity contribution in [3.05, 3.63) is 207 Å². The predicted molar refractivity (Wildman–Crippen MR) is 354 cm³/mol. The number of carbonyl (C=O) groups excluding carboxylic acids is 3. The lowest BCUT2D eigenvalue weighted by molar-refractivity contribution is -0.121. The number of phenolic OH excluding ortho intramolecular Hbond substituents is 17. The highest BCUT2D eigenvalue weighted by Gasteiger charge is 2.38. The average Bonchev–Trinajstić information content (AvgIpc) is 0.773. The van der Waals surface area contributed by atoms with Gasteiger partial charge >= 0.3 is 5.97 Å². The Kier molecular flexibility index (Phi) is 22.1. The van der Waals surface area contributed by atoms with Crippen LogP contribution in [0.15, 0.2) is 167 Å². The van der Waals surface area contributed by atoms with Crippen molar-refractivity contribution in [3.8, 4) is 132 Å². The molecular weight excluding hydrogens is 1300 g/mol. The van der Waals surface area contributed by atoms with E-state index in [2.05, 4.69) is 0 Å². The predicted octanol–water partition coefficient (Wildman–Crippen LogP) is 10.6. The van der Waals surface area contributed by atoms with E-state index >= 15 is 0 Å². The molecule has 0 saturated heterocycles. The third-order valence-electron chi connectivity index (χ3n) is 14.3. The van der Waals surface area contributed by atoms with Crippen LogP contribution >= 0.6 is 0 Å². The summed E-state index contributed by atoms with van der Waals surface area (Å²) >= 11 is 0. The standard InChI is InChI=1S/C22H18O11.C21H20O6.C15H10O7.C14H12O3/c23-10-5-12(24)11-7-18(33-22(31)9-3-15(27)20(30)16(28)4-9)21(32-17(11)6-10)8-1-13(25)19(29)14(26)2-8;1-26-20-11-14(5-9-18(20)24)3-7-16(22)13-17(23)8-4-15-6-10-19(25)21(12-15)27-2;16-7-4-10(19)12-11(5-7)22-15(14(21)13(12)20)6-1-2-8(17)9(18)3-6;15-12-5-3-10(4-6-12)1-2-11-7-13(16)9-14(17)8-11/h1-6,18,21,23-30H,7H2;3-12,24-25H,13H2,1-2H3;1-5,16-19,21H;1-9,15-17H/b;7-3+,8-4+;;2-1+/t18-,21?;;;/m1.../s1. The largest absolute Gasteiger partial charge is 0.508 e. The van der Waals surface area contributed by atoms with Gasteiger partial charge in [-0.05, 0) is 125 Å². The summed E-state index contributed by atoms with van der Waals surface area (Å²) in [5, 5.41) is 173. The minimum absolute atomic E-state index is 0.00662. The lowest BCUT2D eigenvalue weighted by Crippen LogP contribution is -2.34. The Labute approximate surface area is 558 Å². The van der Waals surface area contributed by atoms with Crippen LogP contribution in [0.5, 0.6) is 121 Å². The number of methoxy groups -OCH3 is 2. The first-order valence-electron chi connectivity index (χ1n) is 28.8. The van der Waals surface area contributed by atoms with Crippen LogP contribution in [-0.2, 0) is 20.7 Å². The number of ether oxygens (including phenoxy) is 4. The van der Waals surface area contributed by atoms with Gasteiger partial charge in [-0.1, -0.05) is 48.6 Å². The van der Waals surface area contributed by atoms with Gasteiger partial charge in [0.05, 0.1) is 26.2 Å². The number of allylic oxidation sites excluding steroid dienone is 2. The summed E-state index contributed by atoms with van der Waals surface area (Å²) in [6, 6.07) is 32.3. The second-order valence-electron chi connectivity index (χ2n) is 21.4. The molecule has 1 aromatic heterocycles.